The van der Waals surface area contributed by atoms with E-state index >= 15 is 0 Å². The molecule has 1 heteroatoms. The monoisotopic (exact) mass is 201 g/mol. The van der Waals surface area contributed by atoms with Crippen molar-refractivity contribution in [1.82, 2.24) is 0 Å². The van der Waals surface area contributed by atoms with Gasteiger partial charge in [-0.1, -0.05) is 30.7 Å². The molecular formula is C14H19N. The van der Waals surface area contributed by atoms with Gasteiger partial charge < -0.3 is 5.73 Å². The van der Waals surface area contributed by atoms with Crippen LogP contribution in [0.25, 0.3) is 0 Å². The molecule has 2 saturated carbocycles. The zero-order chi connectivity index (χ0) is 10.3. The first-order valence-corrected chi connectivity index (χ1v) is 6.15. The minimum atomic E-state index is 0.346. The molecule has 0 heterocycles. The summed E-state index contributed by atoms with van der Waals surface area (Å²) in [6, 6.07) is 9.00. The largest absolute Gasteiger partial charge is 0.330 e. The maximum Gasteiger partial charge on any atom is 0.00784 e. The van der Waals surface area contributed by atoms with Gasteiger partial charge in [-0.05, 0) is 42.7 Å². The van der Waals surface area contributed by atoms with Crippen molar-refractivity contribution in [3.63, 3.8) is 0 Å². The highest BCUT2D eigenvalue weighted by atomic mass is 14.6. The minimum Gasteiger partial charge on any atom is -0.330 e. The first kappa shape index (κ1) is 9.41. The lowest BCUT2D eigenvalue weighted by Gasteiger charge is -2.42. The average Bonchev–Trinajstić information content (AvgIpc) is 3.01. The predicted molar refractivity (Wildman–Crippen MR) is 63.0 cm³/mol. The van der Waals surface area contributed by atoms with E-state index in [2.05, 4.69) is 24.3 Å². The van der Waals surface area contributed by atoms with Gasteiger partial charge in [-0.25, -0.2) is 0 Å². The SMILES string of the molecule is NCC1(c2ccccc2C2CC2)CCC1. The van der Waals surface area contributed by atoms with Crippen LogP contribution in [0.5, 0.6) is 0 Å². The number of nitrogens with two attached hydrogens (primary N) is 1. The van der Waals surface area contributed by atoms with Crippen LogP contribution in [-0.2, 0) is 5.41 Å². The van der Waals surface area contributed by atoms with Crippen molar-refractivity contribution in [2.24, 2.45) is 5.73 Å². The van der Waals surface area contributed by atoms with Crippen LogP contribution >= 0.6 is 0 Å². The van der Waals surface area contributed by atoms with Crippen LogP contribution in [0.4, 0.5) is 0 Å². The Morgan fingerprint density at radius 3 is 2.47 bits per heavy atom. The standard InChI is InChI=1S/C14H19N/c15-10-14(8-3-9-14)13-5-2-1-4-12(13)11-6-7-11/h1-2,4-5,11H,3,6-10,15H2. The third-order valence-electron chi connectivity index (χ3n) is 4.25. The van der Waals surface area contributed by atoms with Crippen molar-refractivity contribution >= 4 is 0 Å². The molecule has 0 atom stereocenters. The number of rotatable bonds is 3. The highest BCUT2D eigenvalue weighted by Crippen LogP contribution is 2.49. The molecule has 80 valence electrons. The van der Waals surface area contributed by atoms with Gasteiger partial charge in [-0.15, -0.1) is 0 Å². The summed E-state index contributed by atoms with van der Waals surface area (Å²) in [7, 11) is 0. The van der Waals surface area contributed by atoms with Gasteiger partial charge >= 0.3 is 0 Å². The fourth-order valence-electron chi connectivity index (χ4n) is 2.92. The molecule has 1 nitrogen and oxygen atoms in total. The van der Waals surface area contributed by atoms with Gasteiger partial charge in [0.25, 0.3) is 0 Å². The van der Waals surface area contributed by atoms with E-state index in [4.69, 9.17) is 5.73 Å². The van der Waals surface area contributed by atoms with Crippen LogP contribution in [0, 0.1) is 0 Å². The average molecular weight is 201 g/mol. The summed E-state index contributed by atoms with van der Waals surface area (Å²) < 4.78 is 0. The van der Waals surface area contributed by atoms with Gasteiger partial charge in [0.2, 0.25) is 0 Å². The second-order valence-corrected chi connectivity index (χ2v) is 5.20. The van der Waals surface area contributed by atoms with Gasteiger partial charge in [-0.3, -0.25) is 0 Å². The van der Waals surface area contributed by atoms with Crippen LogP contribution in [0.2, 0.25) is 0 Å². The summed E-state index contributed by atoms with van der Waals surface area (Å²) in [5.41, 5.74) is 9.51. The van der Waals surface area contributed by atoms with Crippen molar-refractivity contribution in [2.45, 2.75) is 43.4 Å². The first-order valence-electron chi connectivity index (χ1n) is 6.15. The Kier molecular flexibility index (Phi) is 2.10. The highest BCUT2D eigenvalue weighted by molar-refractivity contribution is 5.40. The molecule has 0 spiro atoms. The Morgan fingerprint density at radius 1 is 1.20 bits per heavy atom. The van der Waals surface area contributed by atoms with Crippen molar-refractivity contribution in [3.8, 4) is 0 Å². The maximum absolute atomic E-state index is 5.99. The fraction of sp³-hybridized carbons (Fsp3) is 0.571. The van der Waals surface area contributed by atoms with Crippen molar-refractivity contribution in [1.29, 1.82) is 0 Å². The summed E-state index contributed by atoms with van der Waals surface area (Å²) in [6.07, 6.45) is 6.73. The molecule has 2 fully saturated rings. The molecule has 0 bridgehead atoms. The van der Waals surface area contributed by atoms with E-state index < -0.39 is 0 Å². The third kappa shape index (κ3) is 1.41. The smallest absolute Gasteiger partial charge is 0.00784 e. The number of hydrogen-bond acceptors (Lipinski definition) is 1. The molecule has 0 unspecified atom stereocenters. The Hall–Kier alpha value is -0.820. The van der Waals surface area contributed by atoms with Gasteiger partial charge in [0.05, 0.1) is 0 Å². The van der Waals surface area contributed by atoms with E-state index in [1.807, 2.05) is 0 Å². The van der Waals surface area contributed by atoms with E-state index in [1.165, 1.54) is 32.1 Å². The van der Waals surface area contributed by atoms with Gasteiger partial charge in [0.1, 0.15) is 0 Å². The van der Waals surface area contributed by atoms with Crippen molar-refractivity contribution in [2.75, 3.05) is 6.54 Å². The maximum atomic E-state index is 5.99. The Bertz CT molecular complexity index is 356. The lowest BCUT2D eigenvalue weighted by Crippen LogP contribution is -2.42. The molecule has 2 N–H and O–H groups in total. The minimum absolute atomic E-state index is 0.346. The normalized spacial score (nSPS) is 23.5. The number of hydrogen-bond donors (Lipinski definition) is 1. The summed E-state index contributed by atoms with van der Waals surface area (Å²) in [4.78, 5) is 0. The molecule has 3 rings (SSSR count). The van der Waals surface area contributed by atoms with E-state index in [0.29, 0.717) is 5.41 Å². The topological polar surface area (TPSA) is 26.0 Å². The Morgan fingerprint density at radius 2 is 1.93 bits per heavy atom. The Balaban J connectivity index is 2.02. The zero-order valence-electron chi connectivity index (χ0n) is 9.21. The van der Waals surface area contributed by atoms with Crippen molar-refractivity contribution in [3.05, 3.63) is 35.4 Å². The highest BCUT2D eigenvalue weighted by Gasteiger charge is 2.40. The lowest BCUT2D eigenvalue weighted by atomic mass is 9.63. The summed E-state index contributed by atoms with van der Waals surface area (Å²) in [5.74, 6) is 0.852. The van der Waals surface area contributed by atoms with E-state index in [1.54, 1.807) is 11.1 Å². The van der Waals surface area contributed by atoms with E-state index in [9.17, 15) is 0 Å². The van der Waals surface area contributed by atoms with Gasteiger partial charge in [0, 0.05) is 12.0 Å². The molecule has 0 aromatic heterocycles. The van der Waals surface area contributed by atoms with Crippen LogP contribution in [0.3, 0.4) is 0 Å². The van der Waals surface area contributed by atoms with E-state index in [0.717, 1.165) is 12.5 Å². The second-order valence-electron chi connectivity index (χ2n) is 5.20. The Labute approximate surface area is 91.7 Å². The molecule has 1 aromatic carbocycles. The summed E-state index contributed by atoms with van der Waals surface area (Å²) in [6.45, 7) is 0.830. The van der Waals surface area contributed by atoms with Gasteiger partial charge in [-0.2, -0.15) is 0 Å². The quantitative estimate of drug-likeness (QED) is 0.799. The molecule has 0 amide bonds. The van der Waals surface area contributed by atoms with Crippen molar-refractivity contribution < 1.29 is 0 Å². The molecular weight excluding hydrogens is 182 g/mol. The van der Waals surface area contributed by atoms with Crippen LogP contribution in [0.1, 0.15) is 49.1 Å². The first-order chi connectivity index (χ1) is 7.36. The molecule has 0 saturated heterocycles. The predicted octanol–water partition coefficient (Wildman–Crippen LogP) is 2.94. The summed E-state index contributed by atoms with van der Waals surface area (Å²) in [5, 5.41) is 0. The molecule has 1 aromatic rings. The van der Waals surface area contributed by atoms with Crippen LogP contribution in [-0.4, -0.2) is 6.54 Å². The third-order valence-corrected chi connectivity index (χ3v) is 4.25. The van der Waals surface area contributed by atoms with Gasteiger partial charge in [0.15, 0.2) is 0 Å². The molecule has 2 aliphatic rings. The lowest BCUT2D eigenvalue weighted by molar-refractivity contribution is 0.251. The molecule has 0 aliphatic heterocycles. The van der Waals surface area contributed by atoms with Crippen LogP contribution < -0.4 is 5.73 Å². The second kappa shape index (κ2) is 3.34. The fourth-order valence-corrected chi connectivity index (χ4v) is 2.92. The molecule has 2 aliphatic carbocycles. The zero-order valence-corrected chi connectivity index (χ0v) is 9.21. The molecule has 0 radical (unpaired) electrons. The summed E-state index contributed by atoms with van der Waals surface area (Å²) >= 11 is 0. The van der Waals surface area contributed by atoms with E-state index in [-0.39, 0.29) is 0 Å². The molecule has 15 heavy (non-hydrogen) atoms. The number of benzene rings is 1. The van der Waals surface area contributed by atoms with Crippen LogP contribution in [0.15, 0.2) is 24.3 Å².